The van der Waals surface area contributed by atoms with Crippen molar-refractivity contribution in [3.05, 3.63) is 78.4 Å². The van der Waals surface area contributed by atoms with Gasteiger partial charge in [-0.15, -0.1) is 0 Å². The molecule has 3 aromatic carbocycles. The van der Waals surface area contributed by atoms with Gasteiger partial charge in [0, 0.05) is 31.5 Å². The van der Waals surface area contributed by atoms with E-state index in [0.29, 0.717) is 23.5 Å². The summed E-state index contributed by atoms with van der Waals surface area (Å²) >= 11 is 0. The summed E-state index contributed by atoms with van der Waals surface area (Å²) in [5.41, 5.74) is 0.712. The van der Waals surface area contributed by atoms with E-state index in [4.69, 9.17) is 9.47 Å². The Kier molecular flexibility index (Phi) is 7.25. The molecule has 0 spiro atoms. The standard InChI is InChI=1S/C26H28O4P/c1-5-24-25(29-19(3)27)17-23(18-26(24)30-20(4)28)31(6-2,21-13-9-7-10-14-21)22-15-11-8-12-16-22/h7-18H,5-6H2,1-4H3/q+1. The summed E-state index contributed by atoms with van der Waals surface area (Å²) in [7, 11) is -2.09. The Hall–Kier alpha value is -2.97. The Morgan fingerprint density at radius 1 is 0.710 bits per heavy atom. The third-order valence-electron chi connectivity index (χ3n) is 5.32. The van der Waals surface area contributed by atoms with Crippen LogP contribution in [0.25, 0.3) is 0 Å². The van der Waals surface area contributed by atoms with Gasteiger partial charge in [-0.2, -0.15) is 0 Å². The van der Waals surface area contributed by atoms with Gasteiger partial charge in [-0.1, -0.05) is 43.3 Å². The molecule has 31 heavy (non-hydrogen) atoms. The fourth-order valence-corrected chi connectivity index (χ4v) is 8.05. The first-order valence-corrected chi connectivity index (χ1v) is 12.4. The van der Waals surface area contributed by atoms with Crippen molar-refractivity contribution >= 4 is 35.1 Å². The lowest BCUT2D eigenvalue weighted by molar-refractivity contribution is -0.132. The number of esters is 2. The second kappa shape index (κ2) is 9.89. The minimum Gasteiger partial charge on any atom is -0.426 e. The van der Waals surface area contributed by atoms with Crippen LogP contribution in [0.2, 0.25) is 0 Å². The maximum Gasteiger partial charge on any atom is 0.308 e. The molecule has 0 bridgehead atoms. The lowest BCUT2D eigenvalue weighted by Gasteiger charge is -2.27. The van der Waals surface area contributed by atoms with Gasteiger partial charge in [-0.05, 0) is 37.6 Å². The fraction of sp³-hybridized carbons (Fsp3) is 0.231. The number of hydrogen-bond donors (Lipinski definition) is 0. The van der Waals surface area contributed by atoms with E-state index in [1.807, 2.05) is 55.5 Å². The molecule has 160 valence electrons. The second-order valence-electron chi connectivity index (χ2n) is 7.26. The molecular weight excluding hydrogens is 407 g/mol. The van der Waals surface area contributed by atoms with Gasteiger partial charge in [-0.3, -0.25) is 9.59 Å². The average Bonchev–Trinajstić information content (AvgIpc) is 2.75. The highest BCUT2D eigenvalue weighted by Crippen LogP contribution is 2.56. The van der Waals surface area contributed by atoms with E-state index >= 15 is 0 Å². The summed E-state index contributed by atoms with van der Waals surface area (Å²) < 4.78 is 11.2. The third kappa shape index (κ3) is 4.70. The molecule has 0 amide bonds. The Labute approximate surface area is 184 Å². The van der Waals surface area contributed by atoms with Gasteiger partial charge >= 0.3 is 11.9 Å². The van der Waals surface area contributed by atoms with E-state index in [1.165, 1.54) is 24.5 Å². The molecule has 5 heteroatoms. The molecule has 0 aromatic heterocycles. The lowest BCUT2D eigenvalue weighted by atomic mass is 10.1. The summed E-state index contributed by atoms with van der Waals surface area (Å²) in [5.74, 6) is 0.0998. The molecule has 0 atom stereocenters. The molecule has 0 aliphatic heterocycles. The van der Waals surface area contributed by atoms with E-state index in [-0.39, 0.29) is 0 Å². The van der Waals surface area contributed by atoms with E-state index in [0.717, 1.165) is 11.5 Å². The van der Waals surface area contributed by atoms with Crippen LogP contribution < -0.4 is 25.4 Å². The molecule has 3 aromatic rings. The van der Waals surface area contributed by atoms with Gasteiger partial charge in [0.15, 0.2) is 0 Å². The topological polar surface area (TPSA) is 52.6 Å². The Balaban J connectivity index is 2.38. The van der Waals surface area contributed by atoms with Crippen LogP contribution in [-0.2, 0) is 16.0 Å². The summed E-state index contributed by atoms with van der Waals surface area (Å²) in [6.45, 7) is 6.90. The number of rotatable bonds is 7. The van der Waals surface area contributed by atoms with Crippen LogP contribution in [0.5, 0.6) is 11.5 Å². The van der Waals surface area contributed by atoms with Crippen LogP contribution in [0.1, 0.15) is 33.3 Å². The summed E-state index contributed by atoms with van der Waals surface area (Å²) in [6.07, 6.45) is 1.44. The summed E-state index contributed by atoms with van der Waals surface area (Å²) in [4.78, 5) is 23.7. The average molecular weight is 435 g/mol. The highest BCUT2D eigenvalue weighted by atomic mass is 31.2. The van der Waals surface area contributed by atoms with E-state index in [9.17, 15) is 9.59 Å². The third-order valence-corrected chi connectivity index (χ3v) is 9.77. The molecule has 0 aliphatic carbocycles. The first-order valence-electron chi connectivity index (χ1n) is 10.5. The van der Waals surface area contributed by atoms with Crippen molar-refractivity contribution in [1.82, 2.24) is 0 Å². The molecule has 0 heterocycles. The number of carbonyl (C=O) groups excluding carboxylic acids is 2. The van der Waals surface area contributed by atoms with Crippen LogP contribution in [0.15, 0.2) is 72.8 Å². The molecule has 0 N–H and O–H groups in total. The van der Waals surface area contributed by atoms with Gasteiger partial charge in [0.05, 0.1) is 6.16 Å². The SMILES string of the molecule is CCc1c(OC(C)=O)cc([P+](CC)(c2ccccc2)c2ccccc2)cc1OC(C)=O. The molecule has 0 saturated carbocycles. The van der Waals surface area contributed by atoms with E-state index in [1.54, 1.807) is 0 Å². The molecule has 0 aliphatic rings. The molecule has 0 fully saturated rings. The highest BCUT2D eigenvalue weighted by molar-refractivity contribution is 7.95. The largest absolute Gasteiger partial charge is 0.426 e. The minimum absolute atomic E-state index is 0.402. The van der Waals surface area contributed by atoms with Crippen LogP contribution >= 0.6 is 7.26 Å². The highest BCUT2D eigenvalue weighted by Gasteiger charge is 2.44. The van der Waals surface area contributed by atoms with Crippen molar-refractivity contribution < 1.29 is 19.1 Å². The second-order valence-corrected chi connectivity index (χ2v) is 11.1. The van der Waals surface area contributed by atoms with Crippen LogP contribution in [0.3, 0.4) is 0 Å². The van der Waals surface area contributed by atoms with Crippen molar-refractivity contribution in [3.8, 4) is 11.5 Å². The number of hydrogen-bond acceptors (Lipinski definition) is 4. The smallest absolute Gasteiger partial charge is 0.308 e. The van der Waals surface area contributed by atoms with Gasteiger partial charge in [0.25, 0.3) is 0 Å². The number of carbonyl (C=O) groups is 2. The first-order chi connectivity index (χ1) is 14.9. The molecule has 3 rings (SSSR count). The summed E-state index contributed by atoms with van der Waals surface area (Å²) in [5, 5.41) is 3.45. The molecule has 0 saturated heterocycles. The maximum atomic E-state index is 11.9. The Bertz CT molecular complexity index is 985. The van der Waals surface area contributed by atoms with Gasteiger partial charge in [0.1, 0.15) is 34.7 Å². The maximum absolute atomic E-state index is 11.9. The zero-order valence-electron chi connectivity index (χ0n) is 18.4. The Morgan fingerprint density at radius 2 is 1.13 bits per heavy atom. The molecule has 4 nitrogen and oxygen atoms in total. The lowest BCUT2D eigenvalue weighted by Crippen LogP contribution is -2.33. The minimum atomic E-state index is -2.09. The zero-order chi connectivity index (χ0) is 22.4. The zero-order valence-corrected chi connectivity index (χ0v) is 19.3. The van der Waals surface area contributed by atoms with E-state index < -0.39 is 19.2 Å². The van der Waals surface area contributed by atoms with Gasteiger partial charge < -0.3 is 9.47 Å². The van der Waals surface area contributed by atoms with Crippen molar-refractivity contribution in [2.24, 2.45) is 0 Å². The van der Waals surface area contributed by atoms with Gasteiger partial charge in [-0.25, -0.2) is 0 Å². The Morgan fingerprint density at radius 3 is 1.45 bits per heavy atom. The molecular formula is C26H28O4P+. The monoisotopic (exact) mass is 435 g/mol. The molecule has 0 unspecified atom stereocenters. The van der Waals surface area contributed by atoms with Crippen LogP contribution in [0, 0.1) is 0 Å². The van der Waals surface area contributed by atoms with Crippen molar-refractivity contribution in [2.45, 2.75) is 34.1 Å². The normalized spacial score (nSPS) is 11.1. The van der Waals surface area contributed by atoms with Gasteiger partial charge in [0.2, 0.25) is 0 Å². The van der Waals surface area contributed by atoms with Crippen LogP contribution in [-0.4, -0.2) is 18.1 Å². The predicted molar refractivity (Wildman–Crippen MR) is 128 cm³/mol. The molecule has 0 radical (unpaired) electrons. The van der Waals surface area contributed by atoms with Crippen molar-refractivity contribution in [2.75, 3.05) is 6.16 Å². The van der Waals surface area contributed by atoms with Crippen LogP contribution in [0.4, 0.5) is 0 Å². The van der Waals surface area contributed by atoms with Crippen molar-refractivity contribution in [3.63, 3.8) is 0 Å². The summed E-state index contributed by atoms with van der Waals surface area (Å²) in [6, 6.07) is 24.7. The van der Waals surface area contributed by atoms with Crippen molar-refractivity contribution in [1.29, 1.82) is 0 Å². The first kappa shape index (κ1) is 22.7. The number of ether oxygens (including phenoxy) is 2. The van der Waals surface area contributed by atoms with E-state index in [2.05, 4.69) is 31.2 Å². The number of benzene rings is 3. The quantitative estimate of drug-likeness (QED) is 0.313. The fourth-order valence-electron chi connectivity index (χ4n) is 4.03. The predicted octanol–water partition coefficient (Wildman–Crippen LogP) is 4.41.